The highest BCUT2D eigenvalue weighted by atomic mass is 19.1. The fourth-order valence-electron chi connectivity index (χ4n) is 2.05. The molecule has 2 rings (SSSR count). The molecule has 21 heavy (non-hydrogen) atoms. The van der Waals surface area contributed by atoms with Gasteiger partial charge in [-0.25, -0.2) is 4.39 Å². The number of carbonyl (C=O) groups excluding carboxylic acids is 1. The number of pyridine rings is 1. The summed E-state index contributed by atoms with van der Waals surface area (Å²) in [6.07, 6.45) is 3.57. The zero-order valence-corrected chi connectivity index (χ0v) is 12.1. The molecule has 0 saturated heterocycles. The SMILES string of the molecule is CN(CCc1ccccn1)C(=O)CCc1ccc(F)cc1. The fraction of sp³-hybridized carbons (Fsp3) is 0.294. The van der Waals surface area contributed by atoms with Gasteiger partial charge in [0.25, 0.3) is 0 Å². The Bertz CT molecular complexity index is 569. The topological polar surface area (TPSA) is 33.2 Å². The normalized spacial score (nSPS) is 10.4. The summed E-state index contributed by atoms with van der Waals surface area (Å²) in [5.74, 6) is -0.159. The first-order valence-corrected chi connectivity index (χ1v) is 7.03. The second-order valence-corrected chi connectivity index (χ2v) is 5.01. The maximum Gasteiger partial charge on any atom is 0.222 e. The minimum atomic E-state index is -0.252. The number of amides is 1. The molecule has 0 atom stereocenters. The average Bonchev–Trinajstić information content (AvgIpc) is 2.52. The van der Waals surface area contributed by atoms with Gasteiger partial charge >= 0.3 is 0 Å². The summed E-state index contributed by atoms with van der Waals surface area (Å²) in [5.41, 5.74) is 1.96. The molecule has 0 radical (unpaired) electrons. The molecule has 0 unspecified atom stereocenters. The molecular formula is C17H19FN2O. The molecule has 0 aliphatic rings. The number of halogens is 1. The van der Waals surface area contributed by atoms with Crippen LogP contribution in [0.5, 0.6) is 0 Å². The largest absolute Gasteiger partial charge is 0.345 e. The smallest absolute Gasteiger partial charge is 0.222 e. The number of aromatic nitrogens is 1. The molecule has 0 spiro atoms. The maximum absolute atomic E-state index is 12.8. The van der Waals surface area contributed by atoms with Crippen molar-refractivity contribution in [1.82, 2.24) is 9.88 Å². The van der Waals surface area contributed by atoms with E-state index in [1.165, 1.54) is 12.1 Å². The van der Waals surface area contributed by atoms with E-state index < -0.39 is 0 Å². The van der Waals surface area contributed by atoms with Gasteiger partial charge in [0.2, 0.25) is 5.91 Å². The Morgan fingerprint density at radius 1 is 1.14 bits per heavy atom. The Morgan fingerprint density at radius 2 is 1.90 bits per heavy atom. The predicted octanol–water partition coefficient (Wildman–Crippen LogP) is 2.85. The quantitative estimate of drug-likeness (QED) is 0.818. The first-order chi connectivity index (χ1) is 10.1. The van der Waals surface area contributed by atoms with Gasteiger partial charge in [-0.05, 0) is 36.2 Å². The second-order valence-electron chi connectivity index (χ2n) is 5.01. The van der Waals surface area contributed by atoms with Crippen LogP contribution in [-0.2, 0) is 17.6 Å². The second kappa shape index (κ2) is 7.53. The van der Waals surface area contributed by atoms with E-state index in [-0.39, 0.29) is 11.7 Å². The summed E-state index contributed by atoms with van der Waals surface area (Å²) in [4.78, 5) is 18.0. The molecule has 1 heterocycles. The molecule has 1 aromatic heterocycles. The minimum Gasteiger partial charge on any atom is -0.345 e. The number of rotatable bonds is 6. The number of benzene rings is 1. The van der Waals surface area contributed by atoms with Crippen LogP contribution in [0.25, 0.3) is 0 Å². The molecule has 0 aliphatic carbocycles. The first-order valence-electron chi connectivity index (χ1n) is 7.03. The van der Waals surface area contributed by atoms with E-state index in [1.54, 1.807) is 30.3 Å². The van der Waals surface area contributed by atoms with Gasteiger partial charge in [-0.3, -0.25) is 9.78 Å². The number of hydrogen-bond donors (Lipinski definition) is 0. The zero-order chi connectivity index (χ0) is 15.1. The van der Waals surface area contributed by atoms with Crippen LogP contribution in [0, 0.1) is 5.82 Å². The standard InChI is InChI=1S/C17H19FN2O/c1-20(13-11-16-4-2-3-12-19-16)17(21)10-7-14-5-8-15(18)9-6-14/h2-6,8-9,12H,7,10-11,13H2,1H3. The van der Waals surface area contributed by atoms with Crippen molar-refractivity contribution >= 4 is 5.91 Å². The first kappa shape index (κ1) is 15.2. The van der Waals surface area contributed by atoms with Crippen LogP contribution in [0.1, 0.15) is 17.7 Å². The molecule has 3 nitrogen and oxygen atoms in total. The lowest BCUT2D eigenvalue weighted by atomic mass is 10.1. The maximum atomic E-state index is 12.8. The van der Waals surface area contributed by atoms with E-state index in [1.807, 2.05) is 18.2 Å². The molecule has 0 bridgehead atoms. The third kappa shape index (κ3) is 4.99. The molecular weight excluding hydrogens is 267 g/mol. The highest BCUT2D eigenvalue weighted by Crippen LogP contribution is 2.07. The van der Waals surface area contributed by atoms with Gasteiger partial charge in [0.1, 0.15) is 5.82 Å². The van der Waals surface area contributed by atoms with E-state index in [4.69, 9.17) is 0 Å². The van der Waals surface area contributed by atoms with E-state index in [0.717, 1.165) is 17.7 Å². The fourth-order valence-corrected chi connectivity index (χ4v) is 2.05. The summed E-state index contributed by atoms with van der Waals surface area (Å²) < 4.78 is 12.8. The van der Waals surface area contributed by atoms with Gasteiger partial charge < -0.3 is 4.90 Å². The molecule has 4 heteroatoms. The Hall–Kier alpha value is -2.23. The van der Waals surface area contributed by atoms with Crippen LogP contribution in [-0.4, -0.2) is 29.4 Å². The number of hydrogen-bond acceptors (Lipinski definition) is 2. The van der Waals surface area contributed by atoms with Crippen molar-refractivity contribution in [3.05, 3.63) is 65.7 Å². The Kier molecular flexibility index (Phi) is 5.43. The van der Waals surface area contributed by atoms with Crippen molar-refractivity contribution in [2.45, 2.75) is 19.3 Å². The van der Waals surface area contributed by atoms with Crippen LogP contribution in [0.4, 0.5) is 4.39 Å². The Morgan fingerprint density at radius 3 is 2.57 bits per heavy atom. The van der Waals surface area contributed by atoms with Crippen LogP contribution in [0.2, 0.25) is 0 Å². The average molecular weight is 286 g/mol. The van der Waals surface area contributed by atoms with Gasteiger partial charge in [0, 0.05) is 38.3 Å². The Balaban J connectivity index is 1.76. The van der Waals surface area contributed by atoms with E-state index >= 15 is 0 Å². The molecule has 110 valence electrons. The molecule has 0 aliphatic heterocycles. The highest BCUT2D eigenvalue weighted by molar-refractivity contribution is 5.76. The van der Waals surface area contributed by atoms with E-state index in [9.17, 15) is 9.18 Å². The molecule has 0 fully saturated rings. The van der Waals surface area contributed by atoms with Crippen LogP contribution in [0.15, 0.2) is 48.7 Å². The van der Waals surface area contributed by atoms with E-state index in [0.29, 0.717) is 19.4 Å². The van der Waals surface area contributed by atoms with Crippen molar-refractivity contribution in [2.24, 2.45) is 0 Å². The van der Waals surface area contributed by atoms with Crippen LogP contribution < -0.4 is 0 Å². The number of carbonyl (C=O) groups is 1. The number of aryl methyl sites for hydroxylation is 1. The molecule has 0 N–H and O–H groups in total. The third-order valence-corrected chi connectivity index (χ3v) is 3.40. The Labute approximate surface area is 124 Å². The van der Waals surface area contributed by atoms with Gasteiger partial charge in [0.05, 0.1) is 0 Å². The van der Waals surface area contributed by atoms with Gasteiger partial charge in [0.15, 0.2) is 0 Å². The van der Waals surface area contributed by atoms with Crippen molar-refractivity contribution in [3.63, 3.8) is 0 Å². The number of likely N-dealkylation sites (N-methyl/N-ethyl adjacent to an activating group) is 1. The van der Waals surface area contributed by atoms with Crippen molar-refractivity contribution < 1.29 is 9.18 Å². The third-order valence-electron chi connectivity index (χ3n) is 3.40. The van der Waals surface area contributed by atoms with Gasteiger partial charge in [-0.1, -0.05) is 18.2 Å². The van der Waals surface area contributed by atoms with Crippen LogP contribution >= 0.6 is 0 Å². The monoisotopic (exact) mass is 286 g/mol. The summed E-state index contributed by atoms with van der Waals surface area (Å²) in [5, 5.41) is 0. The summed E-state index contributed by atoms with van der Waals surface area (Å²) in [6.45, 7) is 0.652. The molecule has 2 aromatic rings. The highest BCUT2D eigenvalue weighted by Gasteiger charge is 2.09. The summed E-state index contributed by atoms with van der Waals surface area (Å²) >= 11 is 0. The van der Waals surface area contributed by atoms with Gasteiger partial charge in [-0.2, -0.15) is 0 Å². The molecule has 1 amide bonds. The number of nitrogens with zero attached hydrogens (tertiary/aromatic N) is 2. The summed E-state index contributed by atoms with van der Waals surface area (Å²) in [7, 11) is 1.80. The lowest BCUT2D eigenvalue weighted by Gasteiger charge is -2.16. The van der Waals surface area contributed by atoms with Gasteiger partial charge in [-0.15, -0.1) is 0 Å². The summed E-state index contributed by atoms with van der Waals surface area (Å²) in [6, 6.07) is 12.1. The van der Waals surface area contributed by atoms with Crippen molar-refractivity contribution in [1.29, 1.82) is 0 Å². The predicted molar refractivity (Wildman–Crippen MR) is 80.3 cm³/mol. The van der Waals surface area contributed by atoms with E-state index in [2.05, 4.69) is 4.98 Å². The zero-order valence-electron chi connectivity index (χ0n) is 12.1. The minimum absolute atomic E-state index is 0.0928. The lowest BCUT2D eigenvalue weighted by Crippen LogP contribution is -2.29. The molecule has 0 saturated carbocycles. The lowest BCUT2D eigenvalue weighted by molar-refractivity contribution is -0.129. The van der Waals surface area contributed by atoms with Crippen LogP contribution in [0.3, 0.4) is 0 Å². The van der Waals surface area contributed by atoms with Crippen molar-refractivity contribution in [2.75, 3.05) is 13.6 Å². The molecule has 1 aromatic carbocycles. The van der Waals surface area contributed by atoms with Crippen molar-refractivity contribution in [3.8, 4) is 0 Å².